The van der Waals surface area contributed by atoms with Gasteiger partial charge in [0.1, 0.15) is 0 Å². The van der Waals surface area contributed by atoms with Crippen LogP contribution in [0.4, 0.5) is 0 Å². The molecule has 0 saturated heterocycles. The van der Waals surface area contributed by atoms with E-state index in [4.69, 9.17) is 5.73 Å². The standard InChI is InChI=1S/C18H31N3O3/c1-2-3-4-5-6-7-8-9-10-11-16(22)18(19,17(23)24)12-15-13-20-14-21-15/h13-14H,2-12,19H2,1H3,(H,20,21)(H,23,24)/t18-/m1/s1. The third kappa shape index (κ3) is 6.83. The second-order valence-corrected chi connectivity index (χ2v) is 6.53. The third-order valence-corrected chi connectivity index (χ3v) is 4.41. The summed E-state index contributed by atoms with van der Waals surface area (Å²) in [4.78, 5) is 30.4. The maximum Gasteiger partial charge on any atom is 0.331 e. The van der Waals surface area contributed by atoms with Gasteiger partial charge < -0.3 is 15.8 Å². The molecule has 1 aromatic heterocycles. The van der Waals surface area contributed by atoms with E-state index in [1.54, 1.807) is 0 Å². The number of Topliss-reactive ketones (excluding diaryl/α,β-unsaturated/α-hetero) is 1. The van der Waals surface area contributed by atoms with E-state index in [0.717, 1.165) is 12.8 Å². The Labute approximate surface area is 144 Å². The lowest BCUT2D eigenvalue weighted by Crippen LogP contribution is -2.56. The Balaban J connectivity index is 2.27. The number of hydrogen-bond acceptors (Lipinski definition) is 4. The predicted octanol–water partition coefficient (Wildman–Crippen LogP) is 3.22. The summed E-state index contributed by atoms with van der Waals surface area (Å²) in [6, 6.07) is 0. The number of unbranched alkanes of at least 4 members (excludes halogenated alkanes) is 8. The zero-order chi connectivity index (χ0) is 17.8. The van der Waals surface area contributed by atoms with E-state index in [-0.39, 0.29) is 12.8 Å². The number of aromatic amines is 1. The summed E-state index contributed by atoms with van der Waals surface area (Å²) < 4.78 is 0. The van der Waals surface area contributed by atoms with Crippen LogP contribution >= 0.6 is 0 Å². The molecule has 0 aromatic carbocycles. The van der Waals surface area contributed by atoms with Crippen LogP contribution in [0.2, 0.25) is 0 Å². The number of aliphatic carboxylic acids is 1. The predicted molar refractivity (Wildman–Crippen MR) is 93.7 cm³/mol. The van der Waals surface area contributed by atoms with E-state index in [1.807, 2.05) is 0 Å². The zero-order valence-electron chi connectivity index (χ0n) is 14.7. The molecule has 0 amide bonds. The first-order valence-electron chi connectivity index (χ1n) is 9.03. The van der Waals surface area contributed by atoms with Gasteiger partial charge in [-0.1, -0.05) is 58.3 Å². The summed E-state index contributed by atoms with van der Waals surface area (Å²) in [6.07, 6.45) is 13.4. The van der Waals surface area contributed by atoms with E-state index < -0.39 is 17.3 Å². The fourth-order valence-electron chi connectivity index (χ4n) is 2.79. The molecule has 1 atom stereocenters. The van der Waals surface area contributed by atoms with Gasteiger partial charge in [-0.25, -0.2) is 9.78 Å². The summed E-state index contributed by atoms with van der Waals surface area (Å²) in [5, 5.41) is 9.37. The SMILES string of the molecule is CCCCCCCCCCCC(=O)[C@](N)(Cc1cnc[nH]1)C(=O)O. The molecule has 136 valence electrons. The molecule has 0 radical (unpaired) electrons. The minimum absolute atomic E-state index is 0.0569. The number of aromatic nitrogens is 2. The molecule has 0 aliphatic rings. The van der Waals surface area contributed by atoms with Crippen molar-refractivity contribution in [1.29, 1.82) is 0 Å². The molecule has 4 N–H and O–H groups in total. The molecule has 0 bridgehead atoms. The molecule has 6 nitrogen and oxygen atoms in total. The first-order chi connectivity index (χ1) is 11.5. The minimum atomic E-state index is -1.87. The quantitative estimate of drug-likeness (QED) is 0.357. The summed E-state index contributed by atoms with van der Waals surface area (Å²) in [5.74, 6) is -1.69. The van der Waals surface area contributed by atoms with Gasteiger partial charge in [-0.15, -0.1) is 0 Å². The fraction of sp³-hybridized carbons (Fsp3) is 0.722. The highest BCUT2D eigenvalue weighted by Gasteiger charge is 2.41. The van der Waals surface area contributed by atoms with Gasteiger partial charge in [-0.2, -0.15) is 0 Å². The molecule has 0 unspecified atom stereocenters. The average Bonchev–Trinajstić information content (AvgIpc) is 3.05. The fourth-order valence-corrected chi connectivity index (χ4v) is 2.79. The molecule has 1 rings (SSSR count). The number of nitrogens with one attached hydrogen (secondary N) is 1. The Bertz CT molecular complexity index is 488. The largest absolute Gasteiger partial charge is 0.480 e. The van der Waals surface area contributed by atoms with Crippen LogP contribution in [0.3, 0.4) is 0 Å². The van der Waals surface area contributed by atoms with Gasteiger partial charge in [0.2, 0.25) is 0 Å². The van der Waals surface area contributed by atoms with E-state index in [1.165, 1.54) is 51.0 Å². The number of carbonyl (C=O) groups excluding carboxylic acids is 1. The summed E-state index contributed by atoms with van der Waals surface area (Å²) >= 11 is 0. The highest BCUT2D eigenvalue weighted by atomic mass is 16.4. The molecular weight excluding hydrogens is 306 g/mol. The maximum absolute atomic E-state index is 12.3. The van der Waals surface area contributed by atoms with E-state index in [0.29, 0.717) is 12.1 Å². The maximum atomic E-state index is 12.3. The Hall–Kier alpha value is -1.69. The average molecular weight is 337 g/mol. The van der Waals surface area contributed by atoms with Gasteiger partial charge in [0.25, 0.3) is 0 Å². The van der Waals surface area contributed by atoms with Crippen LogP contribution in [0.5, 0.6) is 0 Å². The number of imidazole rings is 1. The van der Waals surface area contributed by atoms with Crippen LogP contribution in [0, 0.1) is 0 Å². The lowest BCUT2D eigenvalue weighted by molar-refractivity contribution is -0.148. The van der Waals surface area contributed by atoms with Gasteiger partial charge in [0.05, 0.1) is 6.33 Å². The van der Waals surface area contributed by atoms with Crippen molar-refractivity contribution in [3.05, 3.63) is 18.2 Å². The van der Waals surface area contributed by atoms with Crippen molar-refractivity contribution in [2.45, 2.75) is 83.1 Å². The Morgan fingerprint density at radius 3 is 2.21 bits per heavy atom. The molecule has 6 heteroatoms. The van der Waals surface area contributed by atoms with Gasteiger partial charge in [-0.3, -0.25) is 4.79 Å². The Morgan fingerprint density at radius 2 is 1.71 bits per heavy atom. The van der Waals surface area contributed by atoms with Crippen molar-refractivity contribution in [2.75, 3.05) is 0 Å². The van der Waals surface area contributed by atoms with E-state index in [2.05, 4.69) is 16.9 Å². The lowest BCUT2D eigenvalue weighted by atomic mass is 9.87. The summed E-state index contributed by atoms with van der Waals surface area (Å²) in [6.45, 7) is 2.21. The Kier molecular flexibility index (Phi) is 9.30. The molecule has 0 fully saturated rings. The highest BCUT2D eigenvalue weighted by Crippen LogP contribution is 2.16. The number of carboxylic acid groups (broad SMARTS) is 1. The summed E-state index contributed by atoms with van der Waals surface area (Å²) in [7, 11) is 0. The normalized spacial score (nSPS) is 13.6. The molecule has 0 spiro atoms. The van der Waals surface area contributed by atoms with Crippen molar-refractivity contribution >= 4 is 11.8 Å². The lowest BCUT2D eigenvalue weighted by Gasteiger charge is -2.22. The second kappa shape index (κ2) is 11.0. The number of carbonyl (C=O) groups is 2. The van der Waals surface area contributed by atoms with Crippen LogP contribution in [0.15, 0.2) is 12.5 Å². The van der Waals surface area contributed by atoms with Crippen molar-refractivity contribution in [2.24, 2.45) is 5.73 Å². The monoisotopic (exact) mass is 337 g/mol. The number of nitrogens with zero attached hydrogens (tertiary/aromatic N) is 1. The van der Waals surface area contributed by atoms with Gasteiger partial charge in [0, 0.05) is 24.7 Å². The van der Waals surface area contributed by atoms with Crippen LogP contribution in [-0.4, -0.2) is 32.4 Å². The van der Waals surface area contributed by atoms with Crippen LogP contribution in [-0.2, 0) is 16.0 Å². The number of H-pyrrole nitrogens is 1. The van der Waals surface area contributed by atoms with Crippen LogP contribution in [0.25, 0.3) is 0 Å². The Morgan fingerprint density at radius 1 is 1.12 bits per heavy atom. The first kappa shape index (κ1) is 20.4. The molecule has 0 aliphatic carbocycles. The van der Waals surface area contributed by atoms with E-state index in [9.17, 15) is 14.7 Å². The zero-order valence-corrected chi connectivity index (χ0v) is 14.7. The molecule has 1 aromatic rings. The van der Waals surface area contributed by atoms with Crippen LogP contribution < -0.4 is 5.73 Å². The second-order valence-electron chi connectivity index (χ2n) is 6.53. The smallest absolute Gasteiger partial charge is 0.331 e. The topological polar surface area (TPSA) is 109 Å². The third-order valence-electron chi connectivity index (χ3n) is 4.41. The molecule has 24 heavy (non-hydrogen) atoms. The first-order valence-corrected chi connectivity index (χ1v) is 9.03. The minimum Gasteiger partial charge on any atom is -0.480 e. The van der Waals surface area contributed by atoms with Crippen LogP contribution in [0.1, 0.15) is 76.8 Å². The molecule has 0 aliphatic heterocycles. The van der Waals surface area contributed by atoms with Gasteiger partial charge >= 0.3 is 5.97 Å². The van der Waals surface area contributed by atoms with Gasteiger partial charge in [0.15, 0.2) is 11.3 Å². The number of carboxylic acids is 1. The van der Waals surface area contributed by atoms with Crippen molar-refractivity contribution in [3.63, 3.8) is 0 Å². The molecule has 1 heterocycles. The highest BCUT2D eigenvalue weighted by molar-refractivity contribution is 6.07. The number of nitrogens with two attached hydrogens (primary N) is 1. The molecular formula is C18H31N3O3. The van der Waals surface area contributed by atoms with Crippen molar-refractivity contribution in [3.8, 4) is 0 Å². The number of hydrogen-bond donors (Lipinski definition) is 3. The molecule has 0 saturated carbocycles. The van der Waals surface area contributed by atoms with Gasteiger partial charge in [-0.05, 0) is 6.42 Å². The number of ketones is 1. The number of rotatable bonds is 14. The van der Waals surface area contributed by atoms with Crippen molar-refractivity contribution < 1.29 is 14.7 Å². The summed E-state index contributed by atoms with van der Waals surface area (Å²) in [5.41, 5.74) is 4.58. The van der Waals surface area contributed by atoms with E-state index >= 15 is 0 Å². The van der Waals surface area contributed by atoms with Crippen molar-refractivity contribution in [1.82, 2.24) is 9.97 Å².